The number of halogens is 2. The van der Waals surface area contributed by atoms with E-state index < -0.39 is 0 Å². The number of hydrogen-bond acceptors (Lipinski definition) is 4. The van der Waals surface area contributed by atoms with Crippen molar-refractivity contribution in [2.24, 2.45) is 0 Å². The van der Waals surface area contributed by atoms with E-state index in [0.29, 0.717) is 6.42 Å². The quantitative estimate of drug-likeness (QED) is 0.424. The molecule has 0 spiro atoms. The molecule has 1 aliphatic rings. The molecule has 2 aromatic rings. The standard InChI is InChI=1S/C17H17NO3.C2H6.I2/c1-11(19)8-15(14-4-3-7-18-12(14)2)13-5-6-16-17(9-13)21-10-20-16;2*1-2/h3-7,9,15H,8,10H2,1-2H3;1-2H3;/t15-;;/m0../s1. The second-order valence-corrected chi connectivity index (χ2v) is 5.25. The summed E-state index contributed by atoms with van der Waals surface area (Å²) in [6, 6.07) is 9.79. The highest BCUT2D eigenvalue weighted by molar-refractivity contribution is 15.0. The Morgan fingerprint density at radius 1 is 1.20 bits per heavy atom. The van der Waals surface area contributed by atoms with Gasteiger partial charge in [-0.3, -0.25) is 9.78 Å². The van der Waals surface area contributed by atoms with Crippen LogP contribution in [0.15, 0.2) is 36.5 Å². The summed E-state index contributed by atoms with van der Waals surface area (Å²) in [5.41, 5.74) is 3.07. The van der Waals surface area contributed by atoms with Gasteiger partial charge in [0.1, 0.15) is 5.78 Å². The van der Waals surface area contributed by atoms with Crippen LogP contribution in [0.3, 0.4) is 0 Å². The fraction of sp³-hybridized carbons (Fsp3) is 0.368. The Labute approximate surface area is 173 Å². The fourth-order valence-electron chi connectivity index (χ4n) is 2.69. The molecule has 0 fully saturated rings. The smallest absolute Gasteiger partial charge is 0.231 e. The summed E-state index contributed by atoms with van der Waals surface area (Å²) in [5.74, 6) is 1.64. The second-order valence-electron chi connectivity index (χ2n) is 5.25. The maximum absolute atomic E-state index is 11.7. The third-order valence-electron chi connectivity index (χ3n) is 3.71. The van der Waals surface area contributed by atoms with Crippen LogP contribution in [0.2, 0.25) is 0 Å². The first-order valence-corrected chi connectivity index (χ1v) is 14.4. The molecule has 3 rings (SSSR count). The van der Waals surface area contributed by atoms with E-state index in [1.54, 1.807) is 13.1 Å². The maximum atomic E-state index is 11.7. The number of ether oxygens (including phenoxy) is 2. The minimum Gasteiger partial charge on any atom is -0.454 e. The Kier molecular flexibility index (Phi) is 10.3. The topological polar surface area (TPSA) is 48.4 Å². The fourth-order valence-corrected chi connectivity index (χ4v) is 2.69. The number of carbonyl (C=O) groups is 1. The number of fused-ring (bicyclic) bond motifs is 1. The summed E-state index contributed by atoms with van der Waals surface area (Å²) in [6.07, 6.45) is 2.22. The van der Waals surface area contributed by atoms with E-state index in [9.17, 15) is 4.79 Å². The van der Waals surface area contributed by atoms with Gasteiger partial charge in [0.15, 0.2) is 11.5 Å². The molecule has 4 nitrogen and oxygen atoms in total. The van der Waals surface area contributed by atoms with Crippen molar-refractivity contribution in [3.63, 3.8) is 0 Å². The average Bonchev–Trinajstić information content (AvgIpc) is 3.11. The Balaban J connectivity index is 0.000000730. The molecule has 2 heterocycles. The minimum absolute atomic E-state index is 0.00861. The number of rotatable bonds is 4. The molecule has 0 N–H and O–H groups in total. The van der Waals surface area contributed by atoms with E-state index in [-0.39, 0.29) is 18.5 Å². The van der Waals surface area contributed by atoms with Crippen molar-refractivity contribution in [2.45, 2.75) is 40.0 Å². The van der Waals surface area contributed by atoms with Crippen LogP contribution in [-0.2, 0) is 4.79 Å². The van der Waals surface area contributed by atoms with Gasteiger partial charge in [-0.25, -0.2) is 0 Å². The van der Waals surface area contributed by atoms with Crippen LogP contribution >= 0.6 is 37.2 Å². The van der Waals surface area contributed by atoms with Crippen molar-refractivity contribution in [2.75, 3.05) is 6.79 Å². The predicted molar refractivity (Wildman–Crippen MR) is 118 cm³/mol. The van der Waals surface area contributed by atoms with E-state index >= 15 is 0 Å². The molecule has 1 aromatic heterocycles. The monoisotopic (exact) mass is 567 g/mol. The highest BCUT2D eigenvalue weighted by Gasteiger charge is 2.22. The summed E-state index contributed by atoms with van der Waals surface area (Å²) < 4.78 is 10.8. The zero-order chi connectivity index (χ0) is 18.8. The van der Waals surface area contributed by atoms with Crippen LogP contribution in [0.5, 0.6) is 11.5 Å². The lowest BCUT2D eigenvalue weighted by molar-refractivity contribution is -0.117. The van der Waals surface area contributed by atoms with Gasteiger partial charge in [-0.05, 0) is 43.2 Å². The number of aryl methyl sites for hydroxylation is 1. The number of benzene rings is 1. The first-order valence-electron chi connectivity index (χ1n) is 8.10. The van der Waals surface area contributed by atoms with Gasteiger partial charge < -0.3 is 9.47 Å². The molecule has 0 amide bonds. The Hall–Kier alpha value is -0.900. The van der Waals surface area contributed by atoms with E-state index in [4.69, 9.17) is 9.47 Å². The molecule has 0 unspecified atom stereocenters. The second kappa shape index (κ2) is 11.7. The van der Waals surface area contributed by atoms with Gasteiger partial charge in [0, 0.05) is 61.5 Å². The average molecular weight is 567 g/mol. The van der Waals surface area contributed by atoms with E-state index in [0.717, 1.165) is 28.3 Å². The highest BCUT2D eigenvalue weighted by Crippen LogP contribution is 2.38. The SMILES string of the molecule is CC.CC(=O)C[C@@H](c1ccc2c(c1)OCO2)c1cccnc1C.II. The highest BCUT2D eigenvalue weighted by atomic mass is 128. The normalized spacial score (nSPS) is 12.2. The zero-order valence-electron chi connectivity index (χ0n) is 14.9. The number of ketones is 1. The summed E-state index contributed by atoms with van der Waals surface area (Å²) in [5, 5.41) is 0. The molecule has 1 aliphatic heterocycles. The third kappa shape index (κ3) is 6.09. The molecule has 0 aliphatic carbocycles. The van der Waals surface area contributed by atoms with E-state index in [1.807, 2.05) is 51.1 Å². The minimum atomic E-state index is -0.00861. The third-order valence-corrected chi connectivity index (χ3v) is 3.71. The zero-order valence-corrected chi connectivity index (χ0v) is 19.2. The van der Waals surface area contributed by atoms with Crippen LogP contribution in [-0.4, -0.2) is 17.6 Å². The molecular weight excluding hydrogens is 544 g/mol. The van der Waals surface area contributed by atoms with Gasteiger partial charge in [0.05, 0.1) is 0 Å². The lowest BCUT2D eigenvalue weighted by Gasteiger charge is -2.18. The number of carbonyl (C=O) groups excluding carboxylic acids is 1. The Bertz CT molecular complexity index is 692. The molecule has 0 radical (unpaired) electrons. The van der Waals surface area contributed by atoms with Crippen molar-refractivity contribution in [1.82, 2.24) is 4.98 Å². The lowest BCUT2D eigenvalue weighted by Crippen LogP contribution is -2.08. The van der Waals surface area contributed by atoms with Gasteiger partial charge in [-0.1, -0.05) is 26.0 Å². The molecule has 1 atom stereocenters. The van der Waals surface area contributed by atoms with Gasteiger partial charge in [0.25, 0.3) is 0 Å². The molecule has 25 heavy (non-hydrogen) atoms. The van der Waals surface area contributed by atoms with Gasteiger partial charge in [-0.15, -0.1) is 0 Å². The Morgan fingerprint density at radius 2 is 1.88 bits per heavy atom. The number of nitrogens with zero attached hydrogens (tertiary/aromatic N) is 1. The van der Waals surface area contributed by atoms with Crippen molar-refractivity contribution >= 4 is 43.0 Å². The Morgan fingerprint density at radius 3 is 2.52 bits per heavy atom. The number of hydrogen-bond donors (Lipinski definition) is 0. The predicted octanol–water partition coefficient (Wildman–Crippen LogP) is 6.03. The van der Waals surface area contributed by atoms with Gasteiger partial charge in [-0.2, -0.15) is 0 Å². The first kappa shape index (κ1) is 22.1. The molecule has 6 heteroatoms. The number of aromatic nitrogens is 1. The van der Waals surface area contributed by atoms with Crippen LogP contribution in [0, 0.1) is 6.92 Å². The molecule has 1 aromatic carbocycles. The molecule has 0 saturated carbocycles. The molecule has 0 bridgehead atoms. The van der Waals surface area contributed by atoms with Crippen molar-refractivity contribution in [3.05, 3.63) is 53.3 Å². The lowest BCUT2D eigenvalue weighted by atomic mass is 9.86. The molecule has 136 valence electrons. The van der Waals surface area contributed by atoms with Crippen molar-refractivity contribution in [1.29, 1.82) is 0 Å². The number of Topliss-reactive ketones (excluding diaryl/α,β-unsaturated/α-hetero) is 1. The van der Waals surface area contributed by atoms with Crippen LogP contribution in [0.4, 0.5) is 0 Å². The maximum Gasteiger partial charge on any atom is 0.231 e. The summed E-state index contributed by atoms with van der Waals surface area (Å²) >= 11 is 4.24. The first-order chi connectivity index (χ1) is 12.1. The molecule has 0 saturated heterocycles. The van der Waals surface area contributed by atoms with Crippen molar-refractivity contribution in [3.8, 4) is 11.5 Å². The largest absolute Gasteiger partial charge is 0.454 e. The van der Waals surface area contributed by atoms with Crippen LogP contribution in [0.1, 0.15) is 49.9 Å². The van der Waals surface area contributed by atoms with Crippen molar-refractivity contribution < 1.29 is 14.3 Å². The summed E-state index contributed by atoms with van der Waals surface area (Å²) in [4.78, 5) is 16.0. The summed E-state index contributed by atoms with van der Waals surface area (Å²) in [7, 11) is 0. The number of pyridine rings is 1. The summed E-state index contributed by atoms with van der Waals surface area (Å²) in [6.45, 7) is 7.84. The van der Waals surface area contributed by atoms with Gasteiger partial charge in [0.2, 0.25) is 6.79 Å². The van der Waals surface area contributed by atoms with Crippen LogP contribution in [0.25, 0.3) is 0 Å². The van der Waals surface area contributed by atoms with Gasteiger partial charge >= 0.3 is 0 Å². The van der Waals surface area contributed by atoms with E-state index in [2.05, 4.69) is 42.2 Å². The van der Waals surface area contributed by atoms with E-state index in [1.165, 1.54) is 0 Å². The van der Waals surface area contributed by atoms with Crippen LogP contribution < -0.4 is 9.47 Å². The molecular formula is C19H23I2NO3.